The summed E-state index contributed by atoms with van der Waals surface area (Å²) in [5.74, 6) is -1.38. The van der Waals surface area contributed by atoms with E-state index in [2.05, 4.69) is 15.5 Å². The Morgan fingerprint density at radius 2 is 2.04 bits per heavy atom. The number of halogens is 1. The molecule has 0 saturated carbocycles. The molecular formula is C17H11FN4O4. The lowest BCUT2D eigenvalue weighted by atomic mass is 10.1. The fraction of sp³-hybridized carbons (Fsp3) is 0. The van der Waals surface area contributed by atoms with Gasteiger partial charge in [0, 0.05) is 23.4 Å². The van der Waals surface area contributed by atoms with Gasteiger partial charge in [-0.1, -0.05) is 0 Å². The van der Waals surface area contributed by atoms with E-state index in [9.17, 15) is 24.4 Å². The maximum absolute atomic E-state index is 12.8. The molecule has 1 aromatic heterocycles. The Morgan fingerprint density at radius 1 is 1.31 bits per heavy atom. The van der Waals surface area contributed by atoms with Crippen LogP contribution in [0.1, 0.15) is 15.9 Å². The Balaban J connectivity index is 1.89. The number of nitrogens with one attached hydrogen (secondary N) is 1. The number of hydrogen-bond donors (Lipinski definition) is 2. The van der Waals surface area contributed by atoms with E-state index < -0.39 is 16.6 Å². The van der Waals surface area contributed by atoms with Crippen molar-refractivity contribution in [1.82, 2.24) is 10.4 Å². The molecule has 0 fully saturated rings. The van der Waals surface area contributed by atoms with Gasteiger partial charge in [-0.3, -0.25) is 19.9 Å². The lowest BCUT2D eigenvalue weighted by molar-refractivity contribution is -0.383. The summed E-state index contributed by atoms with van der Waals surface area (Å²) in [5, 5.41) is 25.3. The second-order valence-corrected chi connectivity index (χ2v) is 5.20. The number of rotatable bonds is 4. The third-order valence-corrected chi connectivity index (χ3v) is 3.55. The van der Waals surface area contributed by atoms with Gasteiger partial charge < -0.3 is 5.11 Å². The van der Waals surface area contributed by atoms with Crippen molar-refractivity contribution in [3.8, 4) is 5.75 Å². The zero-order valence-corrected chi connectivity index (χ0v) is 13.1. The van der Waals surface area contributed by atoms with E-state index in [1.807, 2.05) is 0 Å². The number of nitrogens with zero attached hydrogens (tertiary/aromatic N) is 3. The van der Waals surface area contributed by atoms with Gasteiger partial charge in [0.25, 0.3) is 11.6 Å². The van der Waals surface area contributed by atoms with Crippen molar-refractivity contribution in [2.45, 2.75) is 0 Å². The molecular weight excluding hydrogens is 343 g/mol. The first-order chi connectivity index (χ1) is 12.5. The summed E-state index contributed by atoms with van der Waals surface area (Å²) >= 11 is 0. The summed E-state index contributed by atoms with van der Waals surface area (Å²) < 4.78 is 12.8. The fourth-order valence-corrected chi connectivity index (χ4v) is 2.31. The molecule has 2 N–H and O–H groups in total. The van der Waals surface area contributed by atoms with Crippen molar-refractivity contribution in [1.29, 1.82) is 0 Å². The van der Waals surface area contributed by atoms with Crippen LogP contribution in [0.5, 0.6) is 5.75 Å². The normalized spacial score (nSPS) is 11.0. The summed E-state index contributed by atoms with van der Waals surface area (Å²) in [7, 11) is 0. The number of phenols is 1. The van der Waals surface area contributed by atoms with E-state index in [0.29, 0.717) is 0 Å². The number of nitro groups is 1. The van der Waals surface area contributed by atoms with E-state index in [1.54, 1.807) is 0 Å². The number of nitro benzene ring substituents is 1. The lowest BCUT2D eigenvalue weighted by Crippen LogP contribution is -2.17. The summed E-state index contributed by atoms with van der Waals surface area (Å²) in [6.45, 7) is 0. The third-order valence-electron chi connectivity index (χ3n) is 3.55. The van der Waals surface area contributed by atoms with Crippen LogP contribution < -0.4 is 5.43 Å². The fourth-order valence-electron chi connectivity index (χ4n) is 2.31. The molecule has 0 saturated heterocycles. The highest BCUT2D eigenvalue weighted by molar-refractivity contribution is 6.00. The number of aromatic hydroxyl groups is 1. The Hall–Kier alpha value is -3.88. The van der Waals surface area contributed by atoms with E-state index >= 15 is 0 Å². The number of carbonyl (C=O) groups excluding carboxylic acids is 1. The summed E-state index contributed by atoms with van der Waals surface area (Å²) in [5.41, 5.74) is 2.19. The van der Waals surface area contributed by atoms with E-state index in [0.717, 1.165) is 24.4 Å². The van der Waals surface area contributed by atoms with Gasteiger partial charge in [0.05, 0.1) is 16.5 Å². The number of fused-ring (bicyclic) bond motifs is 1. The van der Waals surface area contributed by atoms with Gasteiger partial charge in [0.2, 0.25) is 0 Å². The molecule has 0 aliphatic heterocycles. The van der Waals surface area contributed by atoms with E-state index in [-0.39, 0.29) is 33.5 Å². The number of aromatic nitrogens is 1. The number of hydrazone groups is 1. The number of phenolic OH excluding ortho intramolecular Hbond substituents is 1. The molecule has 0 spiro atoms. The first-order valence-electron chi connectivity index (χ1n) is 7.31. The van der Waals surface area contributed by atoms with Gasteiger partial charge >= 0.3 is 0 Å². The minimum atomic E-state index is -0.603. The third kappa shape index (κ3) is 3.31. The number of amides is 1. The van der Waals surface area contributed by atoms with Gasteiger partial charge in [-0.05, 0) is 36.4 Å². The molecule has 0 radical (unpaired) electrons. The molecule has 3 aromatic rings. The smallest absolute Gasteiger partial charge is 0.279 e. The zero-order valence-electron chi connectivity index (χ0n) is 13.1. The predicted molar refractivity (Wildman–Crippen MR) is 91.5 cm³/mol. The molecule has 1 heterocycles. The molecule has 1 amide bonds. The number of pyridine rings is 1. The van der Waals surface area contributed by atoms with Gasteiger partial charge in [0.1, 0.15) is 11.3 Å². The van der Waals surface area contributed by atoms with Crippen LogP contribution in [-0.4, -0.2) is 27.1 Å². The number of non-ortho nitro benzene ring substituents is 1. The first kappa shape index (κ1) is 17.0. The highest BCUT2D eigenvalue weighted by Gasteiger charge is 2.18. The van der Waals surface area contributed by atoms with Crippen LogP contribution in [0.25, 0.3) is 10.9 Å². The molecule has 0 aliphatic carbocycles. The van der Waals surface area contributed by atoms with Crippen LogP contribution >= 0.6 is 0 Å². The number of hydrogen-bond acceptors (Lipinski definition) is 6. The molecule has 0 unspecified atom stereocenters. The minimum Gasteiger partial charge on any atom is -0.505 e. The van der Waals surface area contributed by atoms with Crippen LogP contribution in [0.4, 0.5) is 10.1 Å². The molecule has 0 bridgehead atoms. The topological polar surface area (TPSA) is 118 Å². The maximum atomic E-state index is 12.8. The second-order valence-electron chi connectivity index (χ2n) is 5.20. The van der Waals surface area contributed by atoms with Crippen molar-refractivity contribution in [3.05, 3.63) is 75.7 Å². The summed E-state index contributed by atoms with van der Waals surface area (Å²) in [6, 6.07) is 8.94. The average molecular weight is 354 g/mol. The van der Waals surface area contributed by atoms with Gasteiger partial charge in [-0.15, -0.1) is 0 Å². The first-order valence-corrected chi connectivity index (χ1v) is 7.31. The van der Waals surface area contributed by atoms with Gasteiger partial charge in [-0.25, -0.2) is 9.82 Å². The van der Waals surface area contributed by atoms with Gasteiger partial charge in [0.15, 0.2) is 5.75 Å². The van der Waals surface area contributed by atoms with Crippen LogP contribution in [0.15, 0.2) is 53.8 Å². The molecule has 26 heavy (non-hydrogen) atoms. The summed E-state index contributed by atoms with van der Waals surface area (Å²) in [6.07, 6.45) is 2.46. The number of benzene rings is 2. The monoisotopic (exact) mass is 354 g/mol. The molecule has 130 valence electrons. The SMILES string of the molecule is O=C(N/N=C\c1cc([N+](=O)[O-])c2cccnc2c1O)c1ccc(F)cc1. The Bertz CT molecular complexity index is 1030. The van der Waals surface area contributed by atoms with Gasteiger partial charge in [-0.2, -0.15) is 5.10 Å². The highest BCUT2D eigenvalue weighted by atomic mass is 19.1. The van der Waals surface area contributed by atoms with Crippen LogP contribution in [-0.2, 0) is 0 Å². The highest BCUT2D eigenvalue weighted by Crippen LogP contribution is 2.33. The Labute approximate surface area is 145 Å². The number of carbonyl (C=O) groups is 1. The molecule has 0 aliphatic rings. The van der Waals surface area contributed by atoms with Crippen molar-refractivity contribution < 1.29 is 19.2 Å². The minimum absolute atomic E-state index is 0.0160. The molecule has 2 aromatic carbocycles. The lowest BCUT2D eigenvalue weighted by Gasteiger charge is -2.05. The predicted octanol–water partition coefficient (Wildman–Crippen LogP) is 2.75. The molecule has 9 heteroatoms. The van der Waals surface area contributed by atoms with Crippen molar-refractivity contribution in [3.63, 3.8) is 0 Å². The molecule has 0 atom stereocenters. The average Bonchev–Trinajstić information content (AvgIpc) is 2.64. The van der Waals surface area contributed by atoms with E-state index in [4.69, 9.17) is 0 Å². The maximum Gasteiger partial charge on any atom is 0.279 e. The van der Waals surface area contributed by atoms with Crippen molar-refractivity contribution >= 4 is 28.7 Å². The van der Waals surface area contributed by atoms with Crippen molar-refractivity contribution in [2.24, 2.45) is 5.10 Å². The van der Waals surface area contributed by atoms with Crippen LogP contribution in [0.3, 0.4) is 0 Å². The second kappa shape index (κ2) is 6.93. The quantitative estimate of drug-likeness (QED) is 0.424. The zero-order chi connectivity index (χ0) is 18.7. The summed E-state index contributed by atoms with van der Waals surface area (Å²) in [4.78, 5) is 26.5. The van der Waals surface area contributed by atoms with Crippen LogP contribution in [0, 0.1) is 15.9 Å². The van der Waals surface area contributed by atoms with Crippen molar-refractivity contribution in [2.75, 3.05) is 0 Å². The Morgan fingerprint density at radius 3 is 2.73 bits per heavy atom. The Kier molecular flexibility index (Phi) is 4.52. The van der Waals surface area contributed by atoms with E-state index in [1.165, 1.54) is 30.5 Å². The molecule has 8 nitrogen and oxygen atoms in total. The van der Waals surface area contributed by atoms with Crippen LogP contribution in [0.2, 0.25) is 0 Å². The largest absolute Gasteiger partial charge is 0.505 e. The standard InChI is InChI=1S/C17H11FN4O4/c18-12-5-3-10(4-6-12)17(24)21-20-9-11-8-14(22(25)26)13-2-1-7-19-15(13)16(11)23/h1-9,23H,(H,21,24)/b20-9-. The molecule has 3 rings (SSSR count).